The average Bonchev–Trinajstić information content (AvgIpc) is 3.35. The van der Waals surface area contributed by atoms with E-state index in [-0.39, 0.29) is 11.8 Å². The number of amides is 2. The van der Waals surface area contributed by atoms with Crippen LogP contribution in [0.2, 0.25) is 0 Å². The van der Waals surface area contributed by atoms with E-state index in [1.807, 2.05) is 42.5 Å². The molecule has 2 amide bonds. The molecule has 0 heterocycles. The summed E-state index contributed by atoms with van der Waals surface area (Å²) in [7, 11) is 0. The summed E-state index contributed by atoms with van der Waals surface area (Å²) in [5, 5.41) is 0. The van der Waals surface area contributed by atoms with Crippen molar-refractivity contribution in [3.05, 3.63) is 65.7 Å². The van der Waals surface area contributed by atoms with E-state index in [9.17, 15) is 9.59 Å². The molecule has 0 spiro atoms. The van der Waals surface area contributed by atoms with Crippen molar-refractivity contribution in [1.29, 1.82) is 0 Å². The predicted octanol–water partition coefficient (Wildman–Crippen LogP) is 3.85. The molecule has 5 nitrogen and oxygen atoms in total. The van der Waals surface area contributed by atoms with Gasteiger partial charge in [-0.05, 0) is 66.8 Å². The second-order valence-corrected chi connectivity index (χ2v) is 7.94. The predicted molar refractivity (Wildman–Crippen MR) is 106 cm³/mol. The van der Waals surface area contributed by atoms with Gasteiger partial charge in [-0.25, -0.2) is 0 Å². The van der Waals surface area contributed by atoms with Gasteiger partial charge in [-0.2, -0.15) is 0 Å². The van der Waals surface area contributed by atoms with Crippen LogP contribution < -0.4 is 15.6 Å². The van der Waals surface area contributed by atoms with Crippen LogP contribution in [0.25, 0.3) is 0 Å². The number of fused-ring (bicyclic) bond motifs is 2. The molecule has 2 N–H and O–H groups in total. The SMILES string of the molecule is O=C(C[C@H]1C[C@@H]2CC[C@@H]1C2)NNC(=O)c1ccc(COc2ccccc2)cc1. The maximum Gasteiger partial charge on any atom is 0.269 e. The number of carbonyl (C=O) groups excluding carboxylic acids is 2. The zero-order valence-corrected chi connectivity index (χ0v) is 15.9. The monoisotopic (exact) mass is 378 g/mol. The van der Waals surface area contributed by atoms with Crippen LogP contribution in [0.15, 0.2) is 54.6 Å². The van der Waals surface area contributed by atoms with Crippen molar-refractivity contribution in [2.75, 3.05) is 0 Å². The number of benzene rings is 2. The zero-order chi connectivity index (χ0) is 19.3. The molecule has 5 heteroatoms. The minimum absolute atomic E-state index is 0.0984. The van der Waals surface area contributed by atoms with E-state index in [1.54, 1.807) is 12.1 Å². The third kappa shape index (κ3) is 4.53. The lowest BCUT2D eigenvalue weighted by molar-refractivity contribution is -0.123. The molecule has 3 atom stereocenters. The van der Waals surface area contributed by atoms with Crippen LogP contribution in [-0.2, 0) is 11.4 Å². The Hall–Kier alpha value is -2.82. The van der Waals surface area contributed by atoms with Crippen molar-refractivity contribution < 1.29 is 14.3 Å². The fourth-order valence-corrected chi connectivity index (χ4v) is 4.55. The molecule has 0 radical (unpaired) electrons. The Morgan fingerprint density at radius 1 is 0.929 bits per heavy atom. The first-order valence-corrected chi connectivity index (χ1v) is 10.0. The lowest BCUT2D eigenvalue weighted by Gasteiger charge is -2.20. The quantitative estimate of drug-likeness (QED) is 0.750. The molecule has 2 aromatic rings. The Bertz CT molecular complexity index is 820. The summed E-state index contributed by atoms with van der Waals surface area (Å²) in [6.45, 7) is 0.437. The fraction of sp³-hybridized carbons (Fsp3) is 0.391. The summed E-state index contributed by atoms with van der Waals surface area (Å²) in [5.41, 5.74) is 6.57. The van der Waals surface area contributed by atoms with E-state index in [2.05, 4.69) is 10.9 Å². The highest BCUT2D eigenvalue weighted by Gasteiger charge is 2.40. The van der Waals surface area contributed by atoms with Gasteiger partial charge in [0, 0.05) is 12.0 Å². The van der Waals surface area contributed by atoms with Gasteiger partial charge in [0.2, 0.25) is 5.91 Å². The van der Waals surface area contributed by atoms with Gasteiger partial charge in [-0.1, -0.05) is 36.8 Å². The van der Waals surface area contributed by atoms with Crippen LogP contribution in [0.3, 0.4) is 0 Å². The van der Waals surface area contributed by atoms with Crippen molar-refractivity contribution in [3.8, 4) is 5.75 Å². The maximum atomic E-state index is 12.2. The molecule has 4 rings (SSSR count). The van der Waals surface area contributed by atoms with Gasteiger partial charge in [-0.3, -0.25) is 20.4 Å². The highest BCUT2D eigenvalue weighted by Crippen LogP contribution is 2.49. The molecule has 28 heavy (non-hydrogen) atoms. The molecule has 0 unspecified atom stereocenters. The topological polar surface area (TPSA) is 67.4 Å². The fourth-order valence-electron chi connectivity index (χ4n) is 4.55. The Morgan fingerprint density at radius 3 is 2.39 bits per heavy atom. The third-order valence-corrected chi connectivity index (χ3v) is 6.01. The second kappa shape index (κ2) is 8.46. The molecule has 2 aliphatic rings. The van der Waals surface area contributed by atoms with E-state index in [0.29, 0.717) is 30.4 Å². The largest absolute Gasteiger partial charge is 0.489 e. The molecule has 2 bridgehead atoms. The highest BCUT2D eigenvalue weighted by molar-refractivity contribution is 5.95. The minimum Gasteiger partial charge on any atom is -0.489 e. The molecule has 0 saturated heterocycles. The zero-order valence-electron chi connectivity index (χ0n) is 15.9. The van der Waals surface area contributed by atoms with Gasteiger partial charge in [0.1, 0.15) is 12.4 Å². The van der Waals surface area contributed by atoms with Crippen LogP contribution in [-0.4, -0.2) is 11.8 Å². The van der Waals surface area contributed by atoms with Crippen LogP contribution in [0.1, 0.15) is 48.0 Å². The summed E-state index contributed by atoms with van der Waals surface area (Å²) < 4.78 is 5.70. The first-order chi connectivity index (χ1) is 13.7. The highest BCUT2D eigenvalue weighted by atomic mass is 16.5. The number of hydrogen-bond donors (Lipinski definition) is 2. The van der Waals surface area contributed by atoms with E-state index in [4.69, 9.17) is 4.74 Å². The Morgan fingerprint density at radius 2 is 1.71 bits per heavy atom. The van der Waals surface area contributed by atoms with Crippen LogP contribution in [0, 0.1) is 17.8 Å². The van der Waals surface area contributed by atoms with Crippen LogP contribution in [0.5, 0.6) is 5.75 Å². The van der Waals surface area contributed by atoms with Crippen LogP contribution in [0.4, 0.5) is 0 Å². The van der Waals surface area contributed by atoms with Crippen molar-refractivity contribution in [3.63, 3.8) is 0 Å². The van der Waals surface area contributed by atoms with E-state index < -0.39 is 0 Å². The lowest BCUT2D eigenvalue weighted by atomic mass is 9.86. The van der Waals surface area contributed by atoms with Gasteiger partial charge in [0.05, 0.1) is 0 Å². The number of hydrazine groups is 1. The first-order valence-electron chi connectivity index (χ1n) is 10.0. The van der Waals surface area contributed by atoms with Gasteiger partial charge in [0.15, 0.2) is 0 Å². The maximum absolute atomic E-state index is 12.2. The first kappa shape index (κ1) is 18.5. The van der Waals surface area contributed by atoms with Crippen LogP contribution >= 0.6 is 0 Å². The molecule has 2 aromatic carbocycles. The smallest absolute Gasteiger partial charge is 0.269 e. The van der Waals surface area contributed by atoms with Gasteiger partial charge in [0.25, 0.3) is 5.91 Å². The molecule has 0 aliphatic heterocycles. The number of ether oxygens (including phenoxy) is 1. The molecule has 2 aliphatic carbocycles. The number of hydrogen-bond acceptors (Lipinski definition) is 3. The standard InChI is InChI=1S/C23H26N2O3/c26-22(14-20-13-17-8-11-19(20)12-17)24-25-23(27)18-9-6-16(7-10-18)15-28-21-4-2-1-3-5-21/h1-7,9-10,17,19-20H,8,11-15H2,(H,24,26)(H,25,27)/t17-,19-,20-/m1/s1. The lowest BCUT2D eigenvalue weighted by Crippen LogP contribution is -2.42. The second-order valence-electron chi connectivity index (χ2n) is 7.94. The number of para-hydroxylation sites is 1. The molecular formula is C23H26N2O3. The molecule has 0 aromatic heterocycles. The van der Waals surface area contributed by atoms with E-state index >= 15 is 0 Å². The molecule has 2 fully saturated rings. The summed E-state index contributed by atoms with van der Waals surface area (Å²) in [6, 6.07) is 16.8. The summed E-state index contributed by atoms with van der Waals surface area (Å²) in [4.78, 5) is 24.4. The summed E-state index contributed by atoms with van der Waals surface area (Å²) in [5.74, 6) is 2.41. The minimum atomic E-state index is -0.308. The normalized spacial score (nSPS) is 22.6. The van der Waals surface area contributed by atoms with Gasteiger partial charge in [-0.15, -0.1) is 0 Å². The Labute approximate surface area is 165 Å². The molecule has 2 saturated carbocycles. The van der Waals surface area contributed by atoms with Crippen molar-refractivity contribution >= 4 is 11.8 Å². The third-order valence-electron chi connectivity index (χ3n) is 6.01. The van der Waals surface area contributed by atoms with E-state index in [0.717, 1.165) is 17.2 Å². The van der Waals surface area contributed by atoms with Crippen molar-refractivity contribution in [2.45, 2.75) is 38.7 Å². The summed E-state index contributed by atoms with van der Waals surface area (Å²) >= 11 is 0. The van der Waals surface area contributed by atoms with Gasteiger partial charge >= 0.3 is 0 Å². The Balaban J connectivity index is 1.21. The number of nitrogens with one attached hydrogen (secondary N) is 2. The Kier molecular flexibility index (Phi) is 5.60. The summed E-state index contributed by atoms with van der Waals surface area (Å²) in [6.07, 6.45) is 5.54. The average molecular weight is 378 g/mol. The van der Waals surface area contributed by atoms with Gasteiger partial charge < -0.3 is 4.74 Å². The number of carbonyl (C=O) groups is 2. The molecular weight excluding hydrogens is 352 g/mol. The molecule has 146 valence electrons. The van der Waals surface area contributed by atoms with E-state index in [1.165, 1.54) is 25.7 Å². The van der Waals surface area contributed by atoms with Crippen molar-refractivity contribution in [2.24, 2.45) is 17.8 Å². The van der Waals surface area contributed by atoms with Crippen molar-refractivity contribution in [1.82, 2.24) is 10.9 Å². The number of rotatable bonds is 6.